The third-order valence-corrected chi connectivity index (χ3v) is 3.08. The predicted octanol–water partition coefficient (Wildman–Crippen LogP) is 1.22. The highest BCUT2D eigenvalue weighted by Gasteiger charge is 2.19. The van der Waals surface area contributed by atoms with Gasteiger partial charge >= 0.3 is 0 Å². The number of nitrogens with zero attached hydrogens (tertiary/aromatic N) is 2. The second-order valence-corrected chi connectivity index (χ2v) is 4.10. The van der Waals surface area contributed by atoms with Crippen molar-refractivity contribution in [2.24, 2.45) is 0 Å². The summed E-state index contributed by atoms with van der Waals surface area (Å²) in [6.07, 6.45) is 3.85. The van der Waals surface area contributed by atoms with Crippen LogP contribution in [0.4, 0.5) is 0 Å². The SMILES string of the molecule is C=C[C@@H](c1ccc(OC)nc1)N1CCNCC1. The van der Waals surface area contributed by atoms with Crippen LogP contribution < -0.4 is 10.1 Å². The summed E-state index contributed by atoms with van der Waals surface area (Å²) in [5.74, 6) is 0.650. The smallest absolute Gasteiger partial charge is 0.212 e. The number of nitrogens with one attached hydrogen (secondary N) is 1. The molecule has 1 aliphatic rings. The Kier molecular flexibility index (Phi) is 4.12. The van der Waals surface area contributed by atoms with E-state index in [0.717, 1.165) is 26.2 Å². The molecule has 1 aromatic rings. The van der Waals surface area contributed by atoms with Crippen molar-refractivity contribution in [1.29, 1.82) is 0 Å². The number of rotatable bonds is 4. The summed E-state index contributed by atoms with van der Waals surface area (Å²) < 4.78 is 5.07. The first-order chi connectivity index (χ1) is 8.35. The molecule has 4 heteroatoms. The standard InChI is InChI=1S/C13H19N3O/c1-3-12(16-8-6-14-7-9-16)11-4-5-13(17-2)15-10-11/h3-5,10,12,14H,1,6-9H2,2H3/t12-/m0/s1. The van der Waals surface area contributed by atoms with Crippen LogP contribution in [0.1, 0.15) is 11.6 Å². The van der Waals surface area contributed by atoms with Gasteiger partial charge in [-0.2, -0.15) is 0 Å². The molecule has 1 N–H and O–H groups in total. The monoisotopic (exact) mass is 233 g/mol. The van der Waals surface area contributed by atoms with Gasteiger partial charge in [0.15, 0.2) is 0 Å². The highest BCUT2D eigenvalue weighted by Crippen LogP contribution is 2.22. The van der Waals surface area contributed by atoms with Crippen LogP contribution in [-0.2, 0) is 0 Å². The topological polar surface area (TPSA) is 37.4 Å². The van der Waals surface area contributed by atoms with Crippen LogP contribution >= 0.6 is 0 Å². The Bertz CT molecular complexity index is 357. The molecule has 4 nitrogen and oxygen atoms in total. The molecule has 0 radical (unpaired) electrons. The Balaban J connectivity index is 2.12. The van der Waals surface area contributed by atoms with Gasteiger partial charge in [0.2, 0.25) is 5.88 Å². The van der Waals surface area contributed by atoms with E-state index in [1.54, 1.807) is 7.11 Å². The fraction of sp³-hybridized carbons (Fsp3) is 0.462. The molecule has 0 amide bonds. The minimum absolute atomic E-state index is 0.246. The van der Waals surface area contributed by atoms with E-state index < -0.39 is 0 Å². The highest BCUT2D eigenvalue weighted by molar-refractivity contribution is 5.23. The Labute approximate surface area is 102 Å². The zero-order valence-corrected chi connectivity index (χ0v) is 10.2. The van der Waals surface area contributed by atoms with Gasteiger partial charge in [0.25, 0.3) is 0 Å². The summed E-state index contributed by atoms with van der Waals surface area (Å²) in [4.78, 5) is 6.66. The lowest BCUT2D eigenvalue weighted by Gasteiger charge is -2.33. The van der Waals surface area contributed by atoms with Crippen LogP contribution in [0.2, 0.25) is 0 Å². The molecule has 17 heavy (non-hydrogen) atoms. The quantitative estimate of drug-likeness (QED) is 0.794. The Morgan fingerprint density at radius 3 is 2.76 bits per heavy atom. The third kappa shape index (κ3) is 2.84. The summed E-state index contributed by atoms with van der Waals surface area (Å²) in [5.41, 5.74) is 1.17. The summed E-state index contributed by atoms with van der Waals surface area (Å²) in [6.45, 7) is 8.09. The maximum atomic E-state index is 5.07. The first-order valence-electron chi connectivity index (χ1n) is 5.92. The number of piperazine rings is 1. The molecule has 2 heterocycles. The average Bonchev–Trinajstić information content (AvgIpc) is 2.42. The summed E-state index contributed by atoms with van der Waals surface area (Å²) in [5, 5.41) is 3.35. The van der Waals surface area contributed by atoms with Gasteiger partial charge in [-0.25, -0.2) is 4.98 Å². The molecule has 0 saturated carbocycles. The normalized spacial score (nSPS) is 18.6. The fourth-order valence-electron chi connectivity index (χ4n) is 2.14. The van der Waals surface area contributed by atoms with Crippen molar-refractivity contribution in [3.05, 3.63) is 36.5 Å². The molecule has 1 saturated heterocycles. The van der Waals surface area contributed by atoms with E-state index in [2.05, 4.69) is 27.8 Å². The fourth-order valence-corrected chi connectivity index (χ4v) is 2.14. The minimum atomic E-state index is 0.246. The zero-order valence-electron chi connectivity index (χ0n) is 10.2. The lowest BCUT2D eigenvalue weighted by Crippen LogP contribution is -2.44. The first-order valence-corrected chi connectivity index (χ1v) is 5.92. The third-order valence-electron chi connectivity index (χ3n) is 3.08. The van der Waals surface area contributed by atoms with E-state index in [4.69, 9.17) is 4.74 Å². The number of aromatic nitrogens is 1. The molecule has 1 atom stereocenters. The largest absolute Gasteiger partial charge is 0.481 e. The molecule has 0 unspecified atom stereocenters. The average molecular weight is 233 g/mol. The molecule has 1 fully saturated rings. The maximum absolute atomic E-state index is 5.07. The van der Waals surface area contributed by atoms with E-state index in [0.29, 0.717) is 5.88 Å². The van der Waals surface area contributed by atoms with Gasteiger partial charge in [0.05, 0.1) is 13.2 Å². The number of ether oxygens (including phenoxy) is 1. The van der Waals surface area contributed by atoms with Crippen molar-refractivity contribution in [2.45, 2.75) is 6.04 Å². The van der Waals surface area contributed by atoms with Crippen molar-refractivity contribution in [2.75, 3.05) is 33.3 Å². The van der Waals surface area contributed by atoms with Crippen LogP contribution in [0, 0.1) is 0 Å². The van der Waals surface area contributed by atoms with Gasteiger partial charge in [0.1, 0.15) is 0 Å². The van der Waals surface area contributed by atoms with Crippen molar-refractivity contribution in [1.82, 2.24) is 15.2 Å². The number of pyridine rings is 1. The number of hydrogen-bond donors (Lipinski definition) is 1. The Morgan fingerprint density at radius 2 is 2.24 bits per heavy atom. The Hall–Kier alpha value is -1.39. The van der Waals surface area contributed by atoms with E-state index >= 15 is 0 Å². The van der Waals surface area contributed by atoms with Crippen molar-refractivity contribution in [3.8, 4) is 5.88 Å². The summed E-state index contributed by atoms with van der Waals surface area (Å²) in [6, 6.07) is 4.20. The van der Waals surface area contributed by atoms with Gasteiger partial charge in [0, 0.05) is 38.4 Å². The first kappa shape index (κ1) is 12.1. The molecule has 0 aromatic carbocycles. The number of hydrogen-bond acceptors (Lipinski definition) is 4. The summed E-state index contributed by atoms with van der Waals surface area (Å²) in [7, 11) is 1.63. The molecular weight excluding hydrogens is 214 g/mol. The lowest BCUT2D eigenvalue weighted by atomic mass is 10.1. The second kappa shape index (κ2) is 5.80. The van der Waals surface area contributed by atoms with Crippen LogP contribution in [0.25, 0.3) is 0 Å². The van der Waals surface area contributed by atoms with Crippen LogP contribution in [0.15, 0.2) is 31.0 Å². The van der Waals surface area contributed by atoms with Crippen LogP contribution in [0.5, 0.6) is 5.88 Å². The van der Waals surface area contributed by atoms with E-state index in [9.17, 15) is 0 Å². The molecule has 0 aliphatic carbocycles. The lowest BCUT2D eigenvalue weighted by molar-refractivity contribution is 0.203. The van der Waals surface area contributed by atoms with E-state index in [1.165, 1.54) is 5.56 Å². The van der Waals surface area contributed by atoms with Crippen LogP contribution in [0.3, 0.4) is 0 Å². The minimum Gasteiger partial charge on any atom is -0.481 e. The van der Waals surface area contributed by atoms with Gasteiger partial charge in [-0.15, -0.1) is 6.58 Å². The summed E-state index contributed by atoms with van der Waals surface area (Å²) >= 11 is 0. The molecule has 1 aliphatic heterocycles. The van der Waals surface area contributed by atoms with Crippen LogP contribution in [-0.4, -0.2) is 43.2 Å². The van der Waals surface area contributed by atoms with E-state index in [1.807, 2.05) is 18.3 Å². The zero-order chi connectivity index (χ0) is 12.1. The van der Waals surface area contributed by atoms with Crippen molar-refractivity contribution >= 4 is 0 Å². The molecule has 92 valence electrons. The van der Waals surface area contributed by atoms with Crippen molar-refractivity contribution < 1.29 is 4.74 Å². The maximum Gasteiger partial charge on any atom is 0.212 e. The number of methoxy groups -OCH3 is 1. The Morgan fingerprint density at radius 1 is 1.47 bits per heavy atom. The predicted molar refractivity (Wildman–Crippen MR) is 68.2 cm³/mol. The molecule has 0 spiro atoms. The molecule has 0 bridgehead atoms. The second-order valence-electron chi connectivity index (χ2n) is 4.10. The molecule has 1 aromatic heterocycles. The van der Waals surface area contributed by atoms with Crippen molar-refractivity contribution in [3.63, 3.8) is 0 Å². The van der Waals surface area contributed by atoms with E-state index in [-0.39, 0.29) is 6.04 Å². The van der Waals surface area contributed by atoms with Gasteiger partial charge < -0.3 is 10.1 Å². The van der Waals surface area contributed by atoms with Gasteiger partial charge in [-0.1, -0.05) is 12.1 Å². The molecular formula is C13H19N3O. The highest BCUT2D eigenvalue weighted by atomic mass is 16.5. The van der Waals surface area contributed by atoms with Gasteiger partial charge in [-0.3, -0.25) is 4.90 Å². The molecule has 2 rings (SSSR count). The van der Waals surface area contributed by atoms with Gasteiger partial charge in [-0.05, 0) is 5.56 Å².